The fraction of sp³-hybridized carbons (Fsp3) is 1.00. The Kier molecular flexibility index (Phi) is 15.9. The zero-order valence-electron chi connectivity index (χ0n) is 19.1. The van der Waals surface area contributed by atoms with Crippen LogP contribution in [0, 0.1) is 0 Å². The van der Waals surface area contributed by atoms with Crippen LogP contribution in [0.3, 0.4) is 0 Å². The van der Waals surface area contributed by atoms with E-state index in [0.29, 0.717) is 4.48 Å². The Bertz CT molecular complexity index is 297. The first kappa shape index (κ1) is 25.9. The standard InChI is InChI=1S/C24H52NO/c1-6-8-9-10-11-12-13-14-15-16-17-18-19-20-21-22-23-24(26,7-2)25(3,4)5/h26H,6-23H2,1-5H3/q+1. The molecule has 0 aliphatic carbocycles. The van der Waals surface area contributed by atoms with Crippen LogP contribution in [0.15, 0.2) is 0 Å². The third kappa shape index (κ3) is 13.1. The molecule has 2 nitrogen and oxygen atoms in total. The molecule has 0 aliphatic rings. The van der Waals surface area contributed by atoms with E-state index in [0.717, 1.165) is 19.3 Å². The van der Waals surface area contributed by atoms with Crippen LogP contribution in [0.5, 0.6) is 0 Å². The van der Waals surface area contributed by atoms with Gasteiger partial charge in [0.2, 0.25) is 0 Å². The summed E-state index contributed by atoms with van der Waals surface area (Å²) < 4.78 is 0.655. The van der Waals surface area contributed by atoms with Gasteiger partial charge in [-0.15, -0.1) is 0 Å². The van der Waals surface area contributed by atoms with E-state index in [1.165, 1.54) is 96.3 Å². The van der Waals surface area contributed by atoms with Gasteiger partial charge in [0.1, 0.15) is 0 Å². The molecule has 0 saturated heterocycles. The van der Waals surface area contributed by atoms with Gasteiger partial charge in [0.15, 0.2) is 5.72 Å². The van der Waals surface area contributed by atoms with E-state index in [1.807, 2.05) is 0 Å². The highest BCUT2D eigenvalue weighted by molar-refractivity contribution is 4.65. The number of nitrogens with zero attached hydrogens (tertiary/aromatic N) is 1. The number of quaternary nitrogens is 1. The number of rotatable bonds is 19. The molecule has 0 aromatic carbocycles. The average molecular weight is 371 g/mol. The van der Waals surface area contributed by atoms with Crippen molar-refractivity contribution in [1.82, 2.24) is 0 Å². The second-order valence-corrected chi connectivity index (χ2v) is 9.40. The molecule has 0 saturated carbocycles. The molecule has 0 spiro atoms. The van der Waals surface area contributed by atoms with E-state index in [2.05, 4.69) is 35.0 Å². The van der Waals surface area contributed by atoms with E-state index >= 15 is 0 Å². The van der Waals surface area contributed by atoms with Crippen LogP contribution in [0.2, 0.25) is 0 Å². The van der Waals surface area contributed by atoms with Crippen LogP contribution in [-0.4, -0.2) is 36.5 Å². The van der Waals surface area contributed by atoms with Gasteiger partial charge in [-0.25, -0.2) is 0 Å². The SMILES string of the molecule is CCCCCCCCCCCCCCCCCCC(O)(CC)[N+](C)(C)C. The van der Waals surface area contributed by atoms with Crippen LogP contribution in [-0.2, 0) is 0 Å². The third-order valence-corrected chi connectivity index (χ3v) is 6.25. The fourth-order valence-electron chi connectivity index (χ4n) is 3.94. The zero-order valence-corrected chi connectivity index (χ0v) is 19.1. The minimum atomic E-state index is -0.546. The summed E-state index contributed by atoms with van der Waals surface area (Å²) in [7, 11) is 6.32. The third-order valence-electron chi connectivity index (χ3n) is 6.25. The molecule has 0 radical (unpaired) electrons. The molecule has 0 bridgehead atoms. The second kappa shape index (κ2) is 15.9. The number of unbranched alkanes of at least 4 members (excludes halogenated alkanes) is 15. The Morgan fingerprint density at radius 1 is 0.538 bits per heavy atom. The molecule has 0 aromatic heterocycles. The van der Waals surface area contributed by atoms with Gasteiger partial charge in [0.05, 0.1) is 21.1 Å². The highest BCUT2D eigenvalue weighted by Gasteiger charge is 2.38. The van der Waals surface area contributed by atoms with Crippen molar-refractivity contribution in [3.8, 4) is 0 Å². The molecule has 0 amide bonds. The molecule has 0 fully saturated rings. The summed E-state index contributed by atoms with van der Waals surface area (Å²) in [5, 5.41) is 10.7. The van der Waals surface area contributed by atoms with Gasteiger partial charge in [-0.05, 0) is 6.42 Å². The van der Waals surface area contributed by atoms with Gasteiger partial charge in [-0.2, -0.15) is 0 Å². The topological polar surface area (TPSA) is 20.2 Å². The maximum atomic E-state index is 10.7. The summed E-state index contributed by atoms with van der Waals surface area (Å²) in [6.07, 6.45) is 24.2. The van der Waals surface area contributed by atoms with Gasteiger partial charge in [-0.1, -0.05) is 110 Å². The largest absolute Gasteiger partial charge is 0.342 e. The smallest absolute Gasteiger partial charge is 0.199 e. The molecule has 0 heterocycles. The van der Waals surface area contributed by atoms with Gasteiger partial charge >= 0.3 is 0 Å². The lowest BCUT2D eigenvalue weighted by atomic mass is 9.98. The Balaban J connectivity index is 3.32. The molecular formula is C24H52NO+. The van der Waals surface area contributed by atoms with E-state index < -0.39 is 5.72 Å². The molecule has 1 unspecified atom stereocenters. The van der Waals surface area contributed by atoms with Crippen molar-refractivity contribution in [2.75, 3.05) is 21.1 Å². The van der Waals surface area contributed by atoms with Crippen LogP contribution in [0.25, 0.3) is 0 Å². The second-order valence-electron chi connectivity index (χ2n) is 9.40. The van der Waals surface area contributed by atoms with Crippen molar-refractivity contribution < 1.29 is 9.59 Å². The van der Waals surface area contributed by atoms with Crippen LogP contribution >= 0.6 is 0 Å². The first-order valence-corrected chi connectivity index (χ1v) is 11.9. The van der Waals surface area contributed by atoms with Crippen LogP contribution in [0.1, 0.15) is 129 Å². The van der Waals surface area contributed by atoms with Crippen LogP contribution in [0.4, 0.5) is 0 Å². The molecule has 0 aromatic rings. The zero-order chi connectivity index (χ0) is 19.7. The monoisotopic (exact) mass is 370 g/mol. The predicted molar refractivity (Wildman–Crippen MR) is 117 cm³/mol. The summed E-state index contributed by atoms with van der Waals surface area (Å²) in [4.78, 5) is 0. The number of hydrogen-bond acceptors (Lipinski definition) is 1. The molecule has 158 valence electrons. The average Bonchev–Trinajstić information content (AvgIpc) is 2.60. The van der Waals surface area contributed by atoms with Crippen molar-refractivity contribution >= 4 is 0 Å². The Hall–Kier alpha value is -0.0800. The fourth-order valence-corrected chi connectivity index (χ4v) is 3.94. The minimum Gasteiger partial charge on any atom is -0.342 e. The molecule has 1 N–H and O–H groups in total. The quantitative estimate of drug-likeness (QED) is 0.142. The van der Waals surface area contributed by atoms with E-state index in [-0.39, 0.29) is 0 Å². The van der Waals surface area contributed by atoms with Gasteiger partial charge in [0, 0.05) is 12.8 Å². The highest BCUT2D eigenvalue weighted by Crippen LogP contribution is 2.26. The minimum absolute atomic E-state index is 0.546. The van der Waals surface area contributed by atoms with Crippen LogP contribution < -0.4 is 0 Å². The number of aliphatic hydroxyl groups is 1. The Morgan fingerprint density at radius 3 is 1.12 bits per heavy atom. The van der Waals surface area contributed by atoms with Gasteiger partial charge in [-0.3, -0.25) is 0 Å². The van der Waals surface area contributed by atoms with Crippen molar-refractivity contribution in [1.29, 1.82) is 0 Å². The van der Waals surface area contributed by atoms with Gasteiger partial charge < -0.3 is 9.59 Å². The van der Waals surface area contributed by atoms with E-state index in [1.54, 1.807) is 0 Å². The summed E-state index contributed by atoms with van der Waals surface area (Å²) in [6, 6.07) is 0. The summed E-state index contributed by atoms with van der Waals surface area (Å²) in [6.45, 7) is 4.40. The first-order chi connectivity index (χ1) is 12.4. The van der Waals surface area contributed by atoms with Crippen molar-refractivity contribution in [3.63, 3.8) is 0 Å². The molecule has 1 atom stereocenters. The maximum absolute atomic E-state index is 10.7. The Morgan fingerprint density at radius 2 is 0.846 bits per heavy atom. The maximum Gasteiger partial charge on any atom is 0.199 e. The molecule has 0 aliphatic heterocycles. The molecule has 0 rings (SSSR count). The molecule has 26 heavy (non-hydrogen) atoms. The first-order valence-electron chi connectivity index (χ1n) is 11.9. The summed E-state index contributed by atoms with van der Waals surface area (Å²) in [5.74, 6) is 0. The lowest BCUT2D eigenvalue weighted by Crippen LogP contribution is -2.56. The lowest BCUT2D eigenvalue weighted by molar-refractivity contribution is -0.951. The predicted octanol–water partition coefficient (Wildman–Crippen LogP) is 7.44. The van der Waals surface area contributed by atoms with E-state index in [4.69, 9.17) is 0 Å². The van der Waals surface area contributed by atoms with Crippen molar-refractivity contribution in [2.24, 2.45) is 0 Å². The normalized spacial score (nSPS) is 14.5. The molecular weight excluding hydrogens is 318 g/mol. The van der Waals surface area contributed by atoms with E-state index in [9.17, 15) is 5.11 Å². The highest BCUT2D eigenvalue weighted by atomic mass is 16.3. The lowest BCUT2D eigenvalue weighted by Gasteiger charge is -2.41. The summed E-state index contributed by atoms with van der Waals surface area (Å²) >= 11 is 0. The summed E-state index contributed by atoms with van der Waals surface area (Å²) in [5.41, 5.74) is -0.546. The van der Waals surface area contributed by atoms with Gasteiger partial charge in [0.25, 0.3) is 0 Å². The van der Waals surface area contributed by atoms with Crippen molar-refractivity contribution in [3.05, 3.63) is 0 Å². The number of hydrogen-bond donors (Lipinski definition) is 1. The van der Waals surface area contributed by atoms with Crippen molar-refractivity contribution in [2.45, 2.75) is 135 Å². The Labute approximate surface area is 166 Å². The molecule has 2 heteroatoms.